The van der Waals surface area contributed by atoms with Gasteiger partial charge in [0, 0.05) is 18.5 Å². The lowest BCUT2D eigenvalue weighted by atomic mass is 9.72. The summed E-state index contributed by atoms with van der Waals surface area (Å²) in [6.07, 6.45) is 5.61. The summed E-state index contributed by atoms with van der Waals surface area (Å²) >= 11 is 0. The SMILES string of the molecule is COC(=O)c1ccccc1Oc1cncnc1N1CC2(CCN(C)CC2)C1. The Kier molecular flexibility index (Phi) is 4.70. The third-order valence-corrected chi connectivity index (χ3v) is 5.57. The Balaban J connectivity index is 1.53. The Morgan fingerprint density at radius 2 is 1.89 bits per heavy atom. The molecule has 2 saturated heterocycles. The summed E-state index contributed by atoms with van der Waals surface area (Å²) in [5.74, 6) is 1.33. The van der Waals surface area contributed by atoms with Crippen molar-refractivity contribution in [1.29, 1.82) is 0 Å². The zero-order valence-corrected chi connectivity index (χ0v) is 15.7. The highest BCUT2D eigenvalue weighted by Gasteiger charge is 2.45. The highest BCUT2D eigenvalue weighted by molar-refractivity contribution is 5.92. The van der Waals surface area contributed by atoms with Gasteiger partial charge in [-0.25, -0.2) is 14.8 Å². The van der Waals surface area contributed by atoms with Crippen LogP contribution in [-0.4, -0.2) is 61.2 Å². The predicted octanol–water partition coefficient (Wildman–Crippen LogP) is 2.59. The molecule has 0 N–H and O–H groups in total. The van der Waals surface area contributed by atoms with E-state index in [0.29, 0.717) is 22.5 Å². The first-order valence-electron chi connectivity index (χ1n) is 9.19. The molecule has 2 aliphatic rings. The maximum atomic E-state index is 12.0. The minimum Gasteiger partial charge on any atom is -0.465 e. The van der Waals surface area contributed by atoms with E-state index in [-0.39, 0.29) is 0 Å². The molecule has 2 aliphatic heterocycles. The Morgan fingerprint density at radius 1 is 1.15 bits per heavy atom. The van der Waals surface area contributed by atoms with Crippen LogP contribution in [0.1, 0.15) is 23.2 Å². The maximum absolute atomic E-state index is 12.0. The van der Waals surface area contributed by atoms with Gasteiger partial charge < -0.3 is 19.3 Å². The molecule has 4 rings (SSSR count). The molecule has 2 fully saturated rings. The van der Waals surface area contributed by atoms with Crippen molar-refractivity contribution in [2.45, 2.75) is 12.8 Å². The normalized spacial score (nSPS) is 18.8. The number of rotatable bonds is 4. The molecule has 1 spiro atoms. The summed E-state index contributed by atoms with van der Waals surface area (Å²) in [5.41, 5.74) is 0.767. The van der Waals surface area contributed by atoms with Gasteiger partial charge in [0.15, 0.2) is 11.6 Å². The van der Waals surface area contributed by atoms with Gasteiger partial charge in [0.25, 0.3) is 0 Å². The molecule has 1 aromatic heterocycles. The second-order valence-electron chi connectivity index (χ2n) is 7.46. The molecule has 0 bridgehead atoms. The Hall–Kier alpha value is -2.67. The first kappa shape index (κ1) is 17.7. The second-order valence-corrected chi connectivity index (χ2v) is 7.46. The molecule has 0 atom stereocenters. The van der Waals surface area contributed by atoms with E-state index in [4.69, 9.17) is 9.47 Å². The zero-order chi connectivity index (χ0) is 18.9. The van der Waals surface area contributed by atoms with Crippen LogP contribution in [0, 0.1) is 5.41 Å². The van der Waals surface area contributed by atoms with Gasteiger partial charge in [0.2, 0.25) is 0 Å². The van der Waals surface area contributed by atoms with Crippen LogP contribution in [0.25, 0.3) is 0 Å². The van der Waals surface area contributed by atoms with Crippen LogP contribution < -0.4 is 9.64 Å². The number of likely N-dealkylation sites (tertiary alicyclic amines) is 1. The monoisotopic (exact) mass is 368 g/mol. The van der Waals surface area contributed by atoms with Crippen molar-refractivity contribution in [3.8, 4) is 11.5 Å². The lowest BCUT2D eigenvalue weighted by Gasteiger charge is -2.54. The number of nitrogens with zero attached hydrogens (tertiary/aromatic N) is 4. The molecule has 7 heteroatoms. The third-order valence-electron chi connectivity index (χ3n) is 5.57. The molecule has 2 aromatic rings. The molecule has 3 heterocycles. The van der Waals surface area contributed by atoms with Gasteiger partial charge in [-0.3, -0.25) is 0 Å². The van der Waals surface area contributed by atoms with Gasteiger partial charge in [0.05, 0.1) is 13.3 Å². The number of benzene rings is 1. The second kappa shape index (κ2) is 7.15. The number of aromatic nitrogens is 2. The van der Waals surface area contributed by atoms with Crippen molar-refractivity contribution in [2.75, 3.05) is 45.2 Å². The number of carbonyl (C=O) groups excluding carboxylic acids is 1. The van der Waals surface area contributed by atoms with Crippen molar-refractivity contribution in [3.05, 3.63) is 42.4 Å². The van der Waals surface area contributed by atoms with E-state index in [1.807, 2.05) is 6.07 Å². The summed E-state index contributed by atoms with van der Waals surface area (Å²) < 4.78 is 10.9. The van der Waals surface area contributed by atoms with E-state index >= 15 is 0 Å². The van der Waals surface area contributed by atoms with Gasteiger partial charge >= 0.3 is 5.97 Å². The van der Waals surface area contributed by atoms with Crippen LogP contribution in [0.2, 0.25) is 0 Å². The molecule has 0 amide bonds. The minimum atomic E-state index is -0.432. The smallest absolute Gasteiger partial charge is 0.341 e. The first-order valence-corrected chi connectivity index (χ1v) is 9.19. The Morgan fingerprint density at radius 3 is 2.63 bits per heavy atom. The topological polar surface area (TPSA) is 67.8 Å². The molecule has 7 nitrogen and oxygen atoms in total. The van der Waals surface area contributed by atoms with Gasteiger partial charge in [-0.15, -0.1) is 0 Å². The predicted molar refractivity (Wildman–Crippen MR) is 101 cm³/mol. The zero-order valence-electron chi connectivity index (χ0n) is 15.7. The molecule has 142 valence electrons. The van der Waals surface area contributed by atoms with Gasteiger partial charge in [-0.1, -0.05) is 12.1 Å². The van der Waals surface area contributed by atoms with E-state index in [2.05, 4.69) is 26.8 Å². The van der Waals surface area contributed by atoms with Crippen LogP contribution in [0.3, 0.4) is 0 Å². The summed E-state index contributed by atoms with van der Waals surface area (Å²) in [4.78, 5) is 25.2. The number of para-hydroxylation sites is 1. The number of anilines is 1. The van der Waals surface area contributed by atoms with Crippen molar-refractivity contribution in [2.24, 2.45) is 5.41 Å². The van der Waals surface area contributed by atoms with Crippen molar-refractivity contribution in [1.82, 2.24) is 14.9 Å². The van der Waals surface area contributed by atoms with E-state index in [1.165, 1.54) is 26.3 Å². The van der Waals surface area contributed by atoms with Crippen LogP contribution in [0.15, 0.2) is 36.8 Å². The van der Waals surface area contributed by atoms with Gasteiger partial charge in [0.1, 0.15) is 17.6 Å². The lowest BCUT2D eigenvalue weighted by molar-refractivity contribution is 0.0598. The van der Waals surface area contributed by atoms with Crippen LogP contribution >= 0.6 is 0 Å². The molecule has 27 heavy (non-hydrogen) atoms. The number of ether oxygens (including phenoxy) is 2. The molecule has 1 aromatic carbocycles. The highest BCUT2D eigenvalue weighted by Crippen LogP contribution is 2.44. The van der Waals surface area contributed by atoms with Crippen molar-refractivity contribution < 1.29 is 14.3 Å². The Bertz CT molecular complexity index is 825. The fourth-order valence-corrected chi connectivity index (χ4v) is 3.89. The number of hydrogen-bond donors (Lipinski definition) is 0. The third kappa shape index (κ3) is 3.47. The summed E-state index contributed by atoms with van der Waals surface area (Å²) in [5, 5.41) is 0. The van der Waals surface area contributed by atoms with Crippen LogP contribution in [-0.2, 0) is 4.74 Å². The number of piperidine rings is 1. The molecule has 0 aliphatic carbocycles. The largest absolute Gasteiger partial charge is 0.465 e. The minimum absolute atomic E-state index is 0.380. The average molecular weight is 368 g/mol. The molecular formula is C20H24N4O3. The van der Waals surface area contributed by atoms with E-state index in [1.54, 1.807) is 24.4 Å². The van der Waals surface area contributed by atoms with Crippen LogP contribution in [0.4, 0.5) is 5.82 Å². The maximum Gasteiger partial charge on any atom is 0.341 e. The summed E-state index contributed by atoms with van der Waals surface area (Å²) in [7, 11) is 3.54. The van der Waals surface area contributed by atoms with Gasteiger partial charge in [-0.2, -0.15) is 0 Å². The molecule has 0 unspecified atom stereocenters. The first-order chi connectivity index (χ1) is 13.1. The molecule has 0 radical (unpaired) electrons. The van der Waals surface area contributed by atoms with Gasteiger partial charge in [-0.05, 0) is 45.1 Å². The molecular weight excluding hydrogens is 344 g/mol. The van der Waals surface area contributed by atoms with Crippen molar-refractivity contribution >= 4 is 11.8 Å². The fraction of sp³-hybridized carbons (Fsp3) is 0.450. The Labute approximate surface area is 158 Å². The number of methoxy groups -OCH3 is 1. The lowest BCUT2D eigenvalue weighted by Crippen LogP contribution is -2.60. The number of hydrogen-bond acceptors (Lipinski definition) is 7. The fourth-order valence-electron chi connectivity index (χ4n) is 3.89. The van der Waals surface area contributed by atoms with E-state index < -0.39 is 5.97 Å². The quantitative estimate of drug-likeness (QED) is 0.769. The summed E-state index contributed by atoms with van der Waals surface area (Å²) in [6, 6.07) is 7.03. The van der Waals surface area contributed by atoms with E-state index in [0.717, 1.165) is 32.0 Å². The molecule has 0 saturated carbocycles. The number of carbonyl (C=O) groups is 1. The summed E-state index contributed by atoms with van der Waals surface area (Å²) in [6.45, 7) is 4.25. The average Bonchev–Trinajstić information content (AvgIpc) is 2.67. The number of esters is 1. The van der Waals surface area contributed by atoms with E-state index in [9.17, 15) is 4.79 Å². The highest BCUT2D eigenvalue weighted by atomic mass is 16.5. The van der Waals surface area contributed by atoms with Crippen LogP contribution in [0.5, 0.6) is 11.5 Å². The van der Waals surface area contributed by atoms with Crippen molar-refractivity contribution in [3.63, 3.8) is 0 Å². The standard InChI is InChI=1S/C20H24N4O3/c1-23-9-7-20(8-10-23)12-24(13-20)18-17(11-21-14-22-18)27-16-6-4-3-5-15(16)19(25)26-2/h3-6,11,14H,7-10,12-13H2,1-2H3.